The number of likely N-dealkylation sites (N-methyl/N-ethyl adjacent to an activating group) is 1. The molecule has 0 bridgehead atoms. The van der Waals surface area contributed by atoms with Crippen LogP contribution in [0.5, 0.6) is 0 Å². The average Bonchev–Trinajstić information content (AvgIpc) is 2.66. The number of piperidine rings is 1. The maximum Gasteiger partial charge on any atom is 0.243 e. The molecule has 0 atom stereocenters. The monoisotopic (exact) mass is 437 g/mol. The first-order valence-corrected chi connectivity index (χ1v) is 10.5. The van der Waals surface area contributed by atoms with Gasteiger partial charge >= 0.3 is 0 Å². The number of carbonyl (C=O) groups is 1. The fourth-order valence-corrected chi connectivity index (χ4v) is 3.23. The van der Waals surface area contributed by atoms with E-state index in [2.05, 4.69) is 67.6 Å². The third kappa shape index (κ3) is 7.89. The second-order valence-electron chi connectivity index (χ2n) is 7.20. The van der Waals surface area contributed by atoms with Crippen LogP contribution in [0.15, 0.2) is 33.7 Å². The summed E-state index contributed by atoms with van der Waals surface area (Å²) in [5.41, 5.74) is 1.35. The zero-order chi connectivity index (χ0) is 19.6. The van der Waals surface area contributed by atoms with Crippen molar-refractivity contribution in [2.75, 3.05) is 40.3 Å². The lowest BCUT2D eigenvalue weighted by Crippen LogP contribution is -2.49. The van der Waals surface area contributed by atoms with Gasteiger partial charge in [0, 0.05) is 50.8 Å². The zero-order valence-corrected chi connectivity index (χ0v) is 18.3. The first kappa shape index (κ1) is 21.7. The molecule has 27 heavy (non-hydrogen) atoms. The second kappa shape index (κ2) is 11.3. The van der Waals surface area contributed by atoms with Gasteiger partial charge in [0.2, 0.25) is 5.91 Å². The SMILES string of the molecule is CCCNC(=NCC(=O)N(C)C)NC1CCN(Cc2ccc(Br)cc2)CC1. The van der Waals surface area contributed by atoms with Crippen LogP contribution in [0.1, 0.15) is 31.7 Å². The molecule has 1 amide bonds. The molecule has 1 saturated heterocycles. The van der Waals surface area contributed by atoms with Gasteiger partial charge in [-0.15, -0.1) is 0 Å². The summed E-state index contributed by atoms with van der Waals surface area (Å²) in [5.74, 6) is 0.760. The highest BCUT2D eigenvalue weighted by Gasteiger charge is 2.20. The van der Waals surface area contributed by atoms with Crippen molar-refractivity contribution in [1.29, 1.82) is 0 Å². The third-order valence-corrected chi connectivity index (χ3v) is 5.19. The summed E-state index contributed by atoms with van der Waals surface area (Å²) in [6.07, 6.45) is 3.17. The Kier molecular flexibility index (Phi) is 9.07. The topological polar surface area (TPSA) is 60.0 Å². The Morgan fingerprint density at radius 3 is 2.52 bits per heavy atom. The molecule has 0 aromatic heterocycles. The molecular formula is C20H32BrN5O. The van der Waals surface area contributed by atoms with Crippen LogP contribution in [0.4, 0.5) is 0 Å². The van der Waals surface area contributed by atoms with Gasteiger partial charge in [-0.1, -0.05) is 35.0 Å². The molecular weight excluding hydrogens is 406 g/mol. The standard InChI is InChI=1S/C20H32BrN5O/c1-4-11-22-20(23-14-19(27)25(2)3)24-18-9-12-26(13-10-18)15-16-5-7-17(21)8-6-16/h5-8,18H,4,9-15H2,1-3H3,(H2,22,23,24). The van der Waals surface area contributed by atoms with Gasteiger partial charge in [-0.05, 0) is 37.0 Å². The molecule has 2 rings (SSSR count). The summed E-state index contributed by atoms with van der Waals surface area (Å²) in [6.45, 7) is 6.26. The number of aliphatic imine (C=N–C) groups is 1. The molecule has 1 aliphatic heterocycles. The highest BCUT2D eigenvalue weighted by atomic mass is 79.9. The molecule has 1 aromatic carbocycles. The summed E-state index contributed by atoms with van der Waals surface area (Å²) in [4.78, 5) is 20.3. The molecule has 0 spiro atoms. The Balaban J connectivity index is 1.82. The summed E-state index contributed by atoms with van der Waals surface area (Å²) >= 11 is 3.49. The van der Waals surface area contributed by atoms with E-state index in [4.69, 9.17) is 0 Å². The molecule has 0 unspecified atom stereocenters. The van der Waals surface area contributed by atoms with Crippen molar-refractivity contribution in [2.45, 2.75) is 38.8 Å². The largest absolute Gasteiger partial charge is 0.356 e. The number of benzene rings is 1. The Labute approximate surface area is 171 Å². The van der Waals surface area contributed by atoms with Gasteiger partial charge in [-0.3, -0.25) is 9.69 Å². The van der Waals surface area contributed by atoms with E-state index >= 15 is 0 Å². The number of halogens is 1. The van der Waals surface area contributed by atoms with E-state index in [-0.39, 0.29) is 12.5 Å². The predicted octanol–water partition coefficient (Wildman–Crippen LogP) is 2.45. The highest BCUT2D eigenvalue weighted by molar-refractivity contribution is 9.10. The fourth-order valence-electron chi connectivity index (χ4n) is 2.96. The maximum absolute atomic E-state index is 11.8. The van der Waals surface area contributed by atoms with Crippen molar-refractivity contribution in [3.63, 3.8) is 0 Å². The average molecular weight is 438 g/mol. The minimum absolute atomic E-state index is 0.0110. The molecule has 2 N–H and O–H groups in total. The molecule has 0 radical (unpaired) electrons. The number of hydrogen-bond donors (Lipinski definition) is 2. The number of likely N-dealkylation sites (tertiary alicyclic amines) is 1. The van der Waals surface area contributed by atoms with E-state index in [1.165, 1.54) is 5.56 Å². The zero-order valence-electron chi connectivity index (χ0n) is 16.7. The number of carbonyl (C=O) groups excluding carboxylic acids is 1. The first-order valence-electron chi connectivity index (χ1n) is 9.69. The van der Waals surface area contributed by atoms with Gasteiger partial charge in [-0.2, -0.15) is 0 Å². The number of amides is 1. The second-order valence-corrected chi connectivity index (χ2v) is 8.12. The van der Waals surface area contributed by atoms with Crippen molar-refractivity contribution < 1.29 is 4.79 Å². The van der Waals surface area contributed by atoms with Crippen molar-refractivity contribution in [2.24, 2.45) is 4.99 Å². The van der Waals surface area contributed by atoms with Gasteiger partial charge in [0.1, 0.15) is 6.54 Å². The van der Waals surface area contributed by atoms with Gasteiger partial charge < -0.3 is 15.5 Å². The van der Waals surface area contributed by atoms with E-state index in [0.29, 0.717) is 6.04 Å². The number of nitrogens with one attached hydrogen (secondary N) is 2. The quantitative estimate of drug-likeness (QED) is 0.507. The molecule has 0 saturated carbocycles. The number of nitrogens with zero attached hydrogens (tertiary/aromatic N) is 3. The van der Waals surface area contributed by atoms with Crippen molar-refractivity contribution in [3.05, 3.63) is 34.3 Å². The number of rotatable bonds is 7. The van der Waals surface area contributed by atoms with Gasteiger partial charge in [-0.25, -0.2) is 4.99 Å². The van der Waals surface area contributed by atoms with Crippen LogP contribution in [0, 0.1) is 0 Å². The normalized spacial score (nSPS) is 16.2. The molecule has 1 heterocycles. The minimum Gasteiger partial charge on any atom is -0.356 e. The van der Waals surface area contributed by atoms with Crippen LogP contribution in [0.25, 0.3) is 0 Å². The molecule has 7 heteroatoms. The van der Waals surface area contributed by atoms with Crippen LogP contribution in [-0.4, -0.2) is 68.0 Å². The van der Waals surface area contributed by atoms with Gasteiger partial charge in [0.05, 0.1) is 0 Å². The molecule has 1 aliphatic rings. The van der Waals surface area contributed by atoms with Crippen molar-refractivity contribution in [1.82, 2.24) is 20.4 Å². The Morgan fingerprint density at radius 1 is 1.26 bits per heavy atom. The van der Waals surface area contributed by atoms with E-state index < -0.39 is 0 Å². The van der Waals surface area contributed by atoms with Crippen LogP contribution < -0.4 is 10.6 Å². The Hall–Kier alpha value is -1.60. The smallest absolute Gasteiger partial charge is 0.243 e. The van der Waals surface area contributed by atoms with Gasteiger partial charge in [0.15, 0.2) is 5.96 Å². The minimum atomic E-state index is 0.0110. The highest BCUT2D eigenvalue weighted by Crippen LogP contribution is 2.16. The summed E-state index contributed by atoms with van der Waals surface area (Å²) in [5, 5.41) is 6.83. The lowest BCUT2D eigenvalue weighted by Gasteiger charge is -2.33. The summed E-state index contributed by atoms with van der Waals surface area (Å²) in [7, 11) is 3.51. The molecule has 1 aromatic rings. The van der Waals surface area contributed by atoms with E-state index in [9.17, 15) is 4.79 Å². The van der Waals surface area contributed by atoms with Crippen LogP contribution >= 0.6 is 15.9 Å². The lowest BCUT2D eigenvalue weighted by atomic mass is 10.0. The van der Waals surface area contributed by atoms with Gasteiger partial charge in [0.25, 0.3) is 0 Å². The van der Waals surface area contributed by atoms with Crippen LogP contribution in [0.3, 0.4) is 0 Å². The Morgan fingerprint density at radius 2 is 1.93 bits per heavy atom. The first-order chi connectivity index (χ1) is 13.0. The van der Waals surface area contributed by atoms with Crippen molar-refractivity contribution >= 4 is 27.8 Å². The molecule has 0 aliphatic carbocycles. The van der Waals surface area contributed by atoms with E-state index in [1.54, 1.807) is 19.0 Å². The lowest BCUT2D eigenvalue weighted by molar-refractivity contribution is -0.127. The van der Waals surface area contributed by atoms with E-state index in [1.807, 2.05) is 0 Å². The summed E-state index contributed by atoms with van der Waals surface area (Å²) in [6, 6.07) is 8.94. The fraction of sp³-hybridized carbons (Fsp3) is 0.600. The summed E-state index contributed by atoms with van der Waals surface area (Å²) < 4.78 is 1.12. The molecule has 1 fully saturated rings. The molecule has 6 nitrogen and oxygen atoms in total. The maximum atomic E-state index is 11.8. The van der Waals surface area contributed by atoms with Crippen LogP contribution in [0.2, 0.25) is 0 Å². The number of guanidine groups is 1. The number of hydrogen-bond acceptors (Lipinski definition) is 3. The predicted molar refractivity (Wildman–Crippen MR) is 115 cm³/mol. The van der Waals surface area contributed by atoms with Crippen LogP contribution in [-0.2, 0) is 11.3 Å². The third-order valence-electron chi connectivity index (χ3n) is 4.66. The van der Waals surface area contributed by atoms with Crippen molar-refractivity contribution in [3.8, 4) is 0 Å². The van der Waals surface area contributed by atoms with E-state index in [0.717, 1.165) is 55.9 Å². The molecule has 150 valence electrons. The Bertz CT molecular complexity index is 609.